The van der Waals surface area contributed by atoms with Gasteiger partial charge < -0.3 is 20.7 Å². The summed E-state index contributed by atoms with van der Waals surface area (Å²) in [6, 6.07) is 10.9. The zero-order valence-corrected chi connectivity index (χ0v) is 14.1. The van der Waals surface area contributed by atoms with E-state index < -0.39 is 11.7 Å². The van der Waals surface area contributed by atoms with E-state index in [1.807, 2.05) is 0 Å². The smallest absolute Gasteiger partial charge is 0.317 e. The molecule has 0 unspecified atom stereocenters. The van der Waals surface area contributed by atoms with Crippen molar-refractivity contribution in [1.29, 1.82) is 0 Å². The lowest BCUT2D eigenvalue weighted by Crippen LogP contribution is -2.36. The number of benzene rings is 2. The summed E-state index contributed by atoms with van der Waals surface area (Å²) in [5.74, 6) is -0.839. The number of primary amides is 1. The molecule has 0 saturated carbocycles. The van der Waals surface area contributed by atoms with Crippen LogP contribution in [0, 0.1) is 5.82 Å². The second-order valence-electron chi connectivity index (χ2n) is 5.55. The van der Waals surface area contributed by atoms with Crippen LogP contribution in [0.25, 0.3) is 0 Å². The molecule has 25 heavy (non-hydrogen) atoms. The highest BCUT2D eigenvalue weighted by Crippen LogP contribution is 2.18. The van der Waals surface area contributed by atoms with Crippen molar-refractivity contribution < 1.29 is 18.7 Å². The van der Waals surface area contributed by atoms with Crippen LogP contribution in [0.5, 0.6) is 5.75 Å². The van der Waals surface area contributed by atoms with Gasteiger partial charge in [0.05, 0.1) is 7.11 Å². The molecule has 0 radical (unpaired) electrons. The van der Waals surface area contributed by atoms with Crippen LogP contribution in [-0.2, 0) is 13.1 Å². The molecule has 0 aliphatic heterocycles. The fraction of sp³-hybridized carbons (Fsp3) is 0.222. The van der Waals surface area contributed by atoms with Crippen molar-refractivity contribution in [2.24, 2.45) is 5.73 Å². The van der Waals surface area contributed by atoms with Crippen molar-refractivity contribution in [1.82, 2.24) is 10.2 Å². The number of halogens is 1. The first kappa shape index (κ1) is 18.3. The molecule has 0 bridgehead atoms. The van der Waals surface area contributed by atoms with Gasteiger partial charge in [0.1, 0.15) is 0 Å². The van der Waals surface area contributed by atoms with Crippen molar-refractivity contribution >= 4 is 11.9 Å². The number of hydrogen-bond acceptors (Lipinski definition) is 3. The number of amides is 3. The normalized spacial score (nSPS) is 10.2. The molecule has 0 atom stereocenters. The molecule has 2 aromatic rings. The third-order valence-corrected chi connectivity index (χ3v) is 3.64. The molecular weight excluding hydrogens is 325 g/mol. The summed E-state index contributed by atoms with van der Waals surface area (Å²) < 4.78 is 18.6. The molecular formula is C18H20FN3O3. The van der Waals surface area contributed by atoms with Crippen molar-refractivity contribution in [3.8, 4) is 5.75 Å². The fourth-order valence-electron chi connectivity index (χ4n) is 2.30. The maximum absolute atomic E-state index is 13.7. The van der Waals surface area contributed by atoms with E-state index in [0.717, 1.165) is 5.56 Å². The number of hydrogen-bond donors (Lipinski definition) is 2. The van der Waals surface area contributed by atoms with E-state index in [9.17, 15) is 14.0 Å². The Labute approximate surface area is 145 Å². The number of ether oxygens (including phenoxy) is 1. The summed E-state index contributed by atoms with van der Waals surface area (Å²) in [5.41, 5.74) is 7.02. The number of nitrogens with zero attached hydrogens (tertiary/aromatic N) is 1. The van der Waals surface area contributed by atoms with Crippen molar-refractivity contribution in [3.05, 3.63) is 65.0 Å². The predicted molar refractivity (Wildman–Crippen MR) is 91.6 cm³/mol. The molecule has 6 nitrogen and oxygen atoms in total. The van der Waals surface area contributed by atoms with Crippen molar-refractivity contribution in [2.45, 2.75) is 13.1 Å². The van der Waals surface area contributed by atoms with Crippen molar-refractivity contribution in [3.63, 3.8) is 0 Å². The van der Waals surface area contributed by atoms with E-state index in [2.05, 4.69) is 5.32 Å². The van der Waals surface area contributed by atoms with Crippen LogP contribution in [0.15, 0.2) is 42.5 Å². The molecule has 0 aromatic heterocycles. The van der Waals surface area contributed by atoms with Gasteiger partial charge in [-0.3, -0.25) is 4.79 Å². The van der Waals surface area contributed by atoms with Crippen molar-refractivity contribution in [2.75, 3.05) is 14.2 Å². The summed E-state index contributed by atoms with van der Waals surface area (Å²) in [4.78, 5) is 24.7. The van der Waals surface area contributed by atoms with Gasteiger partial charge in [0.25, 0.3) is 0 Å². The number of methoxy groups -OCH3 is 1. The Kier molecular flexibility index (Phi) is 5.94. The van der Waals surface area contributed by atoms with Gasteiger partial charge in [-0.15, -0.1) is 0 Å². The Morgan fingerprint density at radius 2 is 1.96 bits per heavy atom. The Bertz CT molecular complexity index is 780. The highest BCUT2D eigenvalue weighted by atomic mass is 19.1. The predicted octanol–water partition coefficient (Wildman–Crippen LogP) is 2.27. The number of nitrogens with two attached hydrogens (primary N) is 1. The van der Waals surface area contributed by atoms with Gasteiger partial charge in [0.15, 0.2) is 11.6 Å². The second kappa shape index (κ2) is 8.14. The molecule has 0 aliphatic carbocycles. The number of urea groups is 1. The van der Waals surface area contributed by atoms with Gasteiger partial charge in [-0.2, -0.15) is 0 Å². The van der Waals surface area contributed by atoms with Gasteiger partial charge in [0, 0.05) is 25.7 Å². The maximum Gasteiger partial charge on any atom is 0.317 e. The summed E-state index contributed by atoms with van der Waals surface area (Å²) in [6.45, 7) is 0.495. The summed E-state index contributed by atoms with van der Waals surface area (Å²) >= 11 is 0. The molecule has 7 heteroatoms. The Hall–Kier alpha value is -3.09. The minimum Gasteiger partial charge on any atom is -0.494 e. The molecule has 3 amide bonds. The molecule has 0 heterocycles. The van der Waals surface area contributed by atoms with E-state index in [1.165, 1.54) is 24.1 Å². The summed E-state index contributed by atoms with van der Waals surface area (Å²) in [7, 11) is 3.00. The first-order chi connectivity index (χ1) is 11.9. The van der Waals surface area contributed by atoms with E-state index in [4.69, 9.17) is 10.5 Å². The first-order valence-electron chi connectivity index (χ1n) is 7.61. The first-order valence-corrected chi connectivity index (χ1v) is 7.61. The van der Waals surface area contributed by atoms with Gasteiger partial charge >= 0.3 is 6.03 Å². The standard InChI is InChI=1S/C18H20FN3O3/c1-22(11-13-6-7-16(25-2)15(19)9-13)18(24)21-10-12-4-3-5-14(8-12)17(20)23/h3-9H,10-11H2,1-2H3,(H2,20,23)(H,21,24). The molecule has 0 aliphatic rings. The summed E-state index contributed by atoms with van der Waals surface area (Å²) in [5, 5.41) is 2.74. The fourth-order valence-corrected chi connectivity index (χ4v) is 2.30. The van der Waals surface area contributed by atoms with Crippen LogP contribution in [0.4, 0.5) is 9.18 Å². The Morgan fingerprint density at radius 1 is 1.20 bits per heavy atom. The monoisotopic (exact) mass is 345 g/mol. The third kappa shape index (κ3) is 4.94. The van der Waals surface area contributed by atoms with E-state index in [0.29, 0.717) is 11.1 Å². The van der Waals surface area contributed by atoms with Crippen LogP contribution in [0.3, 0.4) is 0 Å². The molecule has 2 rings (SSSR count). The Balaban J connectivity index is 1.93. The highest BCUT2D eigenvalue weighted by Gasteiger charge is 2.11. The topological polar surface area (TPSA) is 84.7 Å². The summed E-state index contributed by atoms with van der Waals surface area (Å²) in [6.07, 6.45) is 0. The molecule has 2 aromatic carbocycles. The van der Waals surface area contributed by atoms with E-state index in [-0.39, 0.29) is 24.9 Å². The van der Waals surface area contributed by atoms with E-state index in [1.54, 1.807) is 37.4 Å². The number of carbonyl (C=O) groups excluding carboxylic acids is 2. The Morgan fingerprint density at radius 3 is 2.60 bits per heavy atom. The van der Waals surface area contributed by atoms with Crippen LogP contribution in [0.1, 0.15) is 21.5 Å². The molecule has 3 N–H and O–H groups in total. The average Bonchev–Trinajstić information content (AvgIpc) is 2.60. The van der Waals surface area contributed by atoms with Crippen LogP contribution in [-0.4, -0.2) is 31.0 Å². The molecule has 132 valence electrons. The zero-order chi connectivity index (χ0) is 18.4. The van der Waals surface area contributed by atoms with E-state index >= 15 is 0 Å². The number of rotatable bonds is 6. The average molecular weight is 345 g/mol. The maximum atomic E-state index is 13.7. The molecule has 0 spiro atoms. The highest BCUT2D eigenvalue weighted by molar-refractivity contribution is 5.92. The quantitative estimate of drug-likeness (QED) is 0.842. The second-order valence-corrected chi connectivity index (χ2v) is 5.55. The SMILES string of the molecule is COc1ccc(CN(C)C(=O)NCc2cccc(C(N)=O)c2)cc1F. The lowest BCUT2D eigenvalue weighted by atomic mass is 10.1. The van der Waals surface area contributed by atoms with Gasteiger partial charge in [-0.1, -0.05) is 18.2 Å². The van der Waals surface area contributed by atoms with Crippen LogP contribution < -0.4 is 15.8 Å². The minimum absolute atomic E-state index is 0.158. The van der Waals surface area contributed by atoms with Gasteiger partial charge in [-0.25, -0.2) is 9.18 Å². The number of carbonyl (C=O) groups is 2. The van der Waals surface area contributed by atoms with Crippen LogP contribution >= 0.6 is 0 Å². The lowest BCUT2D eigenvalue weighted by molar-refractivity contribution is 0.1000. The largest absolute Gasteiger partial charge is 0.494 e. The lowest BCUT2D eigenvalue weighted by Gasteiger charge is -2.18. The third-order valence-electron chi connectivity index (χ3n) is 3.64. The molecule has 0 saturated heterocycles. The minimum atomic E-state index is -0.521. The number of nitrogens with one attached hydrogen (secondary N) is 1. The van der Waals surface area contributed by atoms with Gasteiger partial charge in [0.2, 0.25) is 5.91 Å². The zero-order valence-electron chi connectivity index (χ0n) is 14.1. The molecule has 0 fully saturated rings. The van der Waals surface area contributed by atoms with Gasteiger partial charge in [-0.05, 0) is 35.4 Å². The van der Waals surface area contributed by atoms with Crippen LogP contribution in [0.2, 0.25) is 0 Å².